The summed E-state index contributed by atoms with van der Waals surface area (Å²) in [5, 5.41) is 0. The minimum atomic E-state index is 0.837. The van der Waals surface area contributed by atoms with Crippen molar-refractivity contribution in [2.75, 3.05) is 0 Å². The Labute approximate surface area is 142 Å². The van der Waals surface area contributed by atoms with Crippen LogP contribution in [0.3, 0.4) is 0 Å². The second-order valence-electron chi connectivity index (χ2n) is 3.08. The van der Waals surface area contributed by atoms with Gasteiger partial charge in [0.25, 0.3) is 0 Å². The van der Waals surface area contributed by atoms with Gasteiger partial charge >= 0.3 is 0 Å². The maximum absolute atomic E-state index is 2.63. The summed E-state index contributed by atoms with van der Waals surface area (Å²) in [5.41, 5.74) is 0. The van der Waals surface area contributed by atoms with Gasteiger partial charge in [-0.1, -0.05) is 120 Å². The third-order valence-electron chi connectivity index (χ3n) is 2.22. The maximum atomic E-state index is 2.63. The molecule has 0 saturated heterocycles. The summed E-state index contributed by atoms with van der Waals surface area (Å²) < 4.78 is 4.21. The van der Waals surface area contributed by atoms with Gasteiger partial charge in [-0.3, -0.25) is 0 Å². The molecule has 0 aromatic rings. The van der Waals surface area contributed by atoms with Crippen molar-refractivity contribution >= 4 is 113 Å². The lowest BCUT2D eigenvalue weighted by atomic mass is 9.91. The number of hydrogen-bond donors (Lipinski definition) is 0. The molecule has 0 spiro atoms. The van der Waals surface area contributed by atoms with E-state index >= 15 is 0 Å². The zero-order valence-electron chi connectivity index (χ0n) is 6.35. The third kappa shape index (κ3) is 2.86. The average molecular weight is 728 g/mol. The van der Waals surface area contributed by atoms with Gasteiger partial charge in [-0.25, -0.2) is 0 Å². The van der Waals surface area contributed by atoms with E-state index in [0.717, 1.165) is 25.5 Å². The zero-order chi connectivity index (χ0) is 9.46. The number of rotatable bonds is 0. The van der Waals surface area contributed by atoms with E-state index < -0.39 is 0 Å². The highest BCUT2D eigenvalue weighted by molar-refractivity contribution is 14.1. The number of hydrogen-bond acceptors (Lipinski definition) is 0. The molecule has 1 rings (SSSR count). The molecule has 4 unspecified atom stereocenters. The molecule has 0 radical (unpaired) electrons. The molecular weight excluding hydrogens is 719 g/mol. The van der Waals surface area contributed by atoms with Gasteiger partial charge in [0.1, 0.15) is 0 Å². The first-order chi connectivity index (χ1) is 5.46. The largest absolute Gasteiger partial charge is 0.0811 e. The summed E-state index contributed by atoms with van der Waals surface area (Å²) >= 11 is 13.1. The molecule has 0 amide bonds. The van der Waals surface area contributed by atoms with Crippen molar-refractivity contribution in [2.45, 2.75) is 26.5 Å². The minimum Gasteiger partial charge on any atom is -0.0811 e. The summed E-state index contributed by atoms with van der Waals surface area (Å²) in [6.07, 6.45) is 0. The summed E-state index contributed by atoms with van der Waals surface area (Å²) in [7, 11) is 0. The highest BCUT2D eigenvalue weighted by Crippen LogP contribution is 2.45. The van der Waals surface area contributed by atoms with Crippen LogP contribution in [-0.4, -0.2) is 19.6 Å². The molecule has 0 N–H and O–H groups in total. The van der Waals surface area contributed by atoms with Gasteiger partial charge in [0.05, 0.1) is 0 Å². The standard InChI is InChI=1S/C7H9I5/c1-2-3(8)5(10)7(12)6(11)4(2)9/h2-7H,1H3. The summed E-state index contributed by atoms with van der Waals surface area (Å²) in [5.74, 6) is 0.862. The van der Waals surface area contributed by atoms with E-state index in [4.69, 9.17) is 0 Å². The van der Waals surface area contributed by atoms with E-state index in [1.54, 1.807) is 0 Å². The van der Waals surface area contributed by atoms with Gasteiger partial charge in [0.15, 0.2) is 0 Å². The fourth-order valence-electron chi connectivity index (χ4n) is 1.28. The summed E-state index contributed by atoms with van der Waals surface area (Å²) in [6, 6.07) is 0. The Kier molecular flexibility index (Phi) is 6.66. The summed E-state index contributed by atoms with van der Waals surface area (Å²) in [4.78, 5) is 0. The van der Waals surface area contributed by atoms with Gasteiger partial charge in [-0.05, 0) is 5.92 Å². The van der Waals surface area contributed by atoms with Crippen LogP contribution in [0.15, 0.2) is 0 Å². The monoisotopic (exact) mass is 728 g/mol. The molecule has 5 heteroatoms. The van der Waals surface area contributed by atoms with Crippen LogP contribution < -0.4 is 0 Å². The highest BCUT2D eigenvalue weighted by Gasteiger charge is 2.43. The zero-order valence-corrected chi connectivity index (χ0v) is 17.1. The molecular formula is C7H9I5. The smallest absolute Gasteiger partial charge is 0.0366 e. The van der Waals surface area contributed by atoms with Gasteiger partial charge in [-0.2, -0.15) is 0 Å². The predicted molar refractivity (Wildman–Crippen MR) is 98.2 cm³/mol. The van der Waals surface area contributed by atoms with E-state index in [-0.39, 0.29) is 0 Å². The Hall–Kier alpha value is 3.65. The Morgan fingerprint density at radius 1 is 0.583 bits per heavy atom. The second-order valence-corrected chi connectivity index (χ2v) is 10.3. The Morgan fingerprint density at radius 2 is 0.833 bits per heavy atom. The van der Waals surface area contributed by atoms with Gasteiger partial charge in [-0.15, -0.1) is 0 Å². The first-order valence-electron chi connectivity index (χ1n) is 3.67. The van der Waals surface area contributed by atoms with Gasteiger partial charge < -0.3 is 0 Å². The topological polar surface area (TPSA) is 0 Å². The minimum absolute atomic E-state index is 0.837. The van der Waals surface area contributed by atoms with Crippen LogP contribution in [0.1, 0.15) is 6.92 Å². The fourth-order valence-corrected chi connectivity index (χ4v) is 9.35. The van der Waals surface area contributed by atoms with Crippen LogP contribution in [0.2, 0.25) is 0 Å². The lowest BCUT2D eigenvalue weighted by Gasteiger charge is -2.40. The maximum Gasteiger partial charge on any atom is 0.0366 e. The van der Waals surface area contributed by atoms with Crippen LogP contribution in [0, 0.1) is 5.92 Å². The van der Waals surface area contributed by atoms with E-state index in [1.165, 1.54) is 0 Å². The Bertz CT molecular complexity index is 103. The molecule has 72 valence electrons. The van der Waals surface area contributed by atoms with Crippen LogP contribution in [0.25, 0.3) is 0 Å². The molecule has 0 aromatic heterocycles. The normalized spacial score (nSPS) is 55.5. The van der Waals surface area contributed by atoms with Crippen molar-refractivity contribution in [3.63, 3.8) is 0 Å². The Morgan fingerprint density at radius 3 is 1.17 bits per heavy atom. The SMILES string of the molecule is CC1C(I)C(I)C(I)C(I)C1I. The van der Waals surface area contributed by atoms with Crippen molar-refractivity contribution in [1.82, 2.24) is 0 Å². The van der Waals surface area contributed by atoms with Crippen molar-refractivity contribution in [3.8, 4) is 0 Å². The molecule has 0 nitrogen and oxygen atoms in total. The van der Waals surface area contributed by atoms with Crippen LogP contribution in [0.4, 0.5) is 0 Å². The molecule has 0 bridgehead atoms. The lowest BCUT2D eigenvalue weighted by Crippen LogP contribution is -2.48. The molecule has 1 fully saturated rings. The van der Waals surface area contributed by atoms with Crippen molar-refractivity contribution < 1.29 is 0 Å². The van der Waals surface area contributed by atoms with E-state index in [9.17, 15) is 0 Å². The summed E-state index contributed by atoms with van der Waals surface area (Å²) in [6.45, 7) is 2.40. The van der Waals surface area contributed by atoms with E-state index in [2.05, 4.69) is 120 Å². The molecule has 1 aliphatic rings. The Balaban J connectivity index is 2.76. The van der Waals surface area contributed by atoms with Crippen LogP contribution >= 0.6 is 113 Å². The van der Waals surface area contributed by atoms with Gasteiger partial charge in [0.2, 0.25) is 0 Å². The van der Waals surface area contributed by atoms with Crippen molar-refractivity contribution in [3.05, 3.63) is 0 Å². The third-order valence-corrected chi connectivity index (χ3v) is 16.2. The number of halogens is 5. The van der Waals surface area contributed by atoms with Crippen molar-refractivity contribution in [2.24, 2.45) is 5.92 Å². The molecule has 4 atom stereocenters. The predicted octanol–water partition coefficient (Wildman–Crippen LogP) is 4.65. The average Bonchev–Trinajstić information content (AvgIpc) is 2.08. The van der Waals surface area contributed by atoms with E-state index in [0.29, 0.717) is 0 Å². The van der Waals surface area contributed by atoms with Crippen molar-refractivity contribution in [1.29, 1.82) is 0 Å². The molecule has 12 heavy (non-hydrogen) atoms. The molecule has 1 saturated carbocycles. The fraction of sp³-hybridized carbons (Fsp3) is 1.00. The molecule has 1 aliphatic carbocycles. The van der Waals surface area contributed by atoms with E-state index in [1.807, 2.05) is 0 Å². The first-order valence-corrected chi connectivity index (χ1v) is 9.90. The molecule has 0 aromatic carbocycles. The lowest BCUT2D eigenvalue weighted by molar-refractivity contribution is 0.485. The quantitative estimate of drug-likeness (QED) is 0.252. The van der Waals surface area contributed by atoms with Gasteiger partial charge in [0, 0.05) is 19.6 Å². The van der Waals surface area contributed by atoms with Crippen LogP contribution in [-0.2, 0) is 0 Å². The molecule has 0 heterocycles. The number of alkyl halides is 5. The highest BCUT2D eigenvalue weighted by atomic mass is 127. The van der Waals surface area contributed by atoms with Crippen LogP contribution in [0.5, 0.6) is 0 Å². The second kappa shape index (κ2) is 5.82. The first kappa shape index (κ1) is 13.7. The molecule has 0 aliphatic heterocycles.